The summed E-state index contributed by atoms with van der Waals surface area (Å²) >= 11 is 1.30. The van der Waals surface area contributed by atoms with Gasteiger partial charge >= 0.3 is 0 Å². The van der Waals surface area contributed by atoms with Crippen LogP contribution in [0, 0.1) is 6.92 Å². The van der Waals surface area contributed by atoms with E-state index < -0.39 is 0 Å². The number of carbonyl (C=O) groups is 1. The molecule has 3 rings (SSSR count). The summed E-state index contributed by atoms with van der Waals surface area (Å²) in [6.45, 7) is 2.27. The van der Waals surface area contributed by atoms with E-state index in [9.17, 15) is 4.79 Å². The normalized spacial score (nSPS) is 12.0. The van der Waals surface area contributed by atoms with Crippen LogP contribution in [0.3, 0.4) is 0 Å². The maximum absolute atomic E-state index is 12.8. The van der Waals surface area contributed by atoms with Crippen LogP contribution >= 0.6 is 11.3 Å². The Bertz CT molecular complexity index is 943. The number of thiazole rings is 1. The molecular formula is C20H23N5O2S. The number of hydrogen-bond donors (Lipinski definition) is 1. The molecule has 0 saturated heterocycles. The molecule has 3 aromatic rings. The second-order valence-corrected chi connectivity index (χ2v) is 7.44. The van der Waals surface area contributed by atoms with Crippen molar-refractivity contribution in [2.24, 2.45) is 0 Å². The second-order valence-electron chi connectivity index (χ2n) is 6.44. The quantitative estimate of drug-likeness (QED) is 0.660. The highest BCUT2D eigenvalue weighted by molar-refractivity contribution is 7.17. The maximum atomic E-state index is 12.8. The van der Waals surface area contributed by atoms with E-state index in [1.54, 1.807) is 25.6 Å². The van der Waals surface area contributed by atoms with E-state index in [-0.39, 0.29) is 11.9 Å². The molecule has 8 heteroatoms. The zero-order valence-electron chi connectivity index (χ0n) is 16.3. The van der Waals surface area contributed by atoms with Crippen LogP contribution in [-0.2, 0) is 0 Å². The fourth-order valence-corrected chi connectivity index (χ4v) is 3.83. The lowest BCUT2D eigenvalue weighted by atomic mass is 10.0. The molecule has 2 aromatic heterocycles. The Hall–Kier alpha value is -2.84. The van der Waals surface area contributed by atoms with Gasteiger partial charge in [0.2, 0.25) is 0 Å². The minimum atomic E-state index is -0.154. The van der Waals surface area contributed by atoms with Crippen LogP contribution < -0.4 is 10.1 Å². The minimum Gasteiger partial charge on any atom is -0.496 e. The highest BCUT2D eigenvalue weighted by Gasteiger charge is 2.22. The lowest BCUT2D eigenvalue weighted by molar-refractivity contribution is 0.0944. The van der Waals surface area contributed by atoms with E-state index in [4.69, 9.17) is 4.74 Å². The summed E-state index contributed by atoms with van der Waals surface area (Å²) in [6, 6.07) is 9.56. The molecule has 146 valence electrons. The second kappa shape index (κ2) is 8.90. The predicted molar refractivity (Wildman–Crippen MR) is 110 cm³/mol. The summed E-state index contributed by atoms with van der Waals surface area (Å²) in [5.74, 6) is 1.17. The largest absolute Gasteiger partial charge is 0.496 e. The van der Waals surface area contributed by atoms with Crippen LogP contribution in [0.15, 0.2) is 42.7 Å². The van der Waals surface area contributed by atoms with E-state index in [2.05, 4.69) is 25.2 Å². The van der Waals surface area contributed by atoms with Gasteiger partial charge in [-0.25, -0.2) is 15.0 Å². The van der Waals surface area contributed by atoms with Crippen molar-refractivity contribution in [3.8, 4) is 16.6 Å². The van der Waals surface area contributed by atoms with E-state index in [1.807, 2.05) is 45.3 Å². The molecule has 0 aliphatic heterocycles. The van der Waals surface area contributed by atoms with Gasteiger partial charge in [-0.2, -0.15) is 0 Å². The summed E-state index contributed by atoms with van der Waals surface area (Å²) in [4.78, 5) is 28.3. The number of nitrogens with one attached hydrogen (secondary N) is 1. The van der Waals surface area contributed by atoms with Gasteiger partial charge in [-0.1, -0.05) is 18.2 Å². The van der Waals surface area contributed by atoms with Crippen LogP contribution in [-0.4, -0.2) is 53.5 Å². The number of methoxy groups -OCH3 is 1. The highest BCUT2D eigenvalue weighted by Crippen LogP contribution is 2.28. The van der Waals surface area contributed by atoms with Gasteiger partial charge in [0.15, 0.2) is 10.8 Å². The Kier molecular flexibility index (Phi) is 6.33. The maximum Gasteiger partial charge on any atom is 0.263 e. The highest BCUT2D eigenvalue weighted by atomic mass is 32.1. The van der Waals surface area contributed by atoms with Crippen molar-refractivity contribution in [1.82, 2.24) is 25.2 Å². The van der Waals surface area contributed by atoms with Gasteiger partial charge in [0.05, 0.1) is 18.8 Å². The summed E-state index contributed by atoms with van der Waals surface area (Å²) < 4.78 is 5.48. The molecule has 1 amide bonds. The van der Waals surface area contributed by atoms with Crippen molar-refractivity contribution in [2.75, 3.05) is 27.7 Å². The van der Waals surface area contributed by atoms with Crippen LogP contribution in [0.4, 0.5) is 0 Å². The van der Waals surface area contributed by atoms with Gasteiger partial charge in [-0.3, -0.25) is 4.79 Å². The summed E-state index contributed by atoms with van der Waals surface area (Å²) in [7, 11) is 5.61. The number of ether oxygens (including phenoxy) is 1. The van der Waals surface area contributed by atoms with Gasteiger partial charge in [0.25, 0.3) is 5.91 Å². The van der Waals surface area contributed by atoms with E-state index >= 15 is 0 Å². The fourth-order valence-electron chi connectivity index (χ4n) is 2.89. The average molecular weight is 398 g/mol. The zero-order chi connectivity index (χ0) is 20.1. The number of rotatable bonds is 7. The van der Waals surface area contributed by atoms with Crippen LogP contribution in [0.5, 0.6) is 5.75 Å². The van der Waals surface area contributed by atoms with Crippen molar-refractivity contribution in [3.63, 3.8) is 0 Å². The standard InChI is InChI=1S/C20H23N5O2S/c1-13-17(28-20(24-13)18-21-10-7-11-22-18)19(26)23-12-15(25(2)3)14-8-5-6-9-16(14)27-4/h5-11,15H,12H2,1-4H3,(H,23,26). The van der Waals surface area contributed by atoms with Gasteiger partial charge in [0, 0.05) is 24.5 Å². The number of benzene rings is 1. The van der Waals surface area contributed by atoms with Gasteiger partial charge < -0.3 is 15.0 Å². The number of amides is 1. The van der Waals surface area contributed by atoms with Crippen molar-refractivity contribution < 1.29 is 9.53 Å². The van der Waals surface area contributed by atoms with Crippen LogP contribution in [0.25, 0.3) is 10.8 Å². The summed E-state index contributed by atoms with van der Waals surface area (Å²) in [5.41, 5.74) is 1.69. The number of aryl methyl sites for hydroxylation is 1. The van der Waals surface area contributed by atoms with Gasteiger partial charge in [0.1, 0.15) is 10.6 Å². The summed E-state index contributed by atoms with van der Waals surface area (Å²) in [5, 5.41) is 3.67. The van der Waals surface area contributed by atoms with E-state index in [1.165, 1.54) is 11.3 Å². The Morgan fingerprint density at radius 2 is 1.93 bits per heavy atom. The first kappa shape index (κ1) is 19.9. The molecule has 0 spiro atoms. The third kappa shape index (κ3) is 4.35. The number of carbonyl (C=O) groups excluding carboxylic acids is 1. The molecule has 1 unspecified atom stereocenters. The smallest absolute Gasteiger partial charge is 0.263 e. The third-order valence-electron chi connectivity index (χ3n) is 4.34. The molecule has 0 bridgehead atoms. The summed E-state index contributed by atoms with van der Waals surface area (Å²) in [6.07, 6.45) is 3.32. The molecule has 7 nitrogen and oxygen atoms in total. The predicted octanol–water partition coefficient (Wildman–Crippen LogP) is 2.95. The molecule has 0 saturated carbocycles. The molecule has 28 heavy (non-hydrogen) atoms. The average Bonchev–Trinajstić information content (AvgIpc) is 3.10. The molecule has 1 atom stereocenters. The number of nitrogens with zero attached hydrogens (tertiary/aromatic N) is 4. The molecule has 0 radical (unpaired) electrons. The van der Waals surface area contributed by atoms with Gasteiger partial charge in [-0.05, 0) is 33.2 Å². The third-order valence-corrected chi connectivity index (χ3v) is 5.49. The van der Waals surface area contributed by atoms with E-state index in [0.717, 1.165) is 11.3 Å². The molecular weight excluding hydrogens is 374 g/mol. The fraction of sp³-hybridized carbons (Fsp3) is 0.300. The molecule has 2 heterocycles. The number of likely N-dealkylation sites (N-methyl/N-ethyl adjacent to an activating group) is 1. The minimum absolute atomic E-state index is 0.0229. The Labute approximate surface area is 168 Å². The number of aromatic nitrogens is 3. The SMILES string of the molecule is COc1ccccc1C(CNC(=O)c1sc(-c2ncccn2)nc1C)N(C)C. The molecule has 1 aromatic carbocycles. The topological polar surface area (TPSA) is 80.2 Å². The van der Waals surface area contributed by atoms with E-state index in [0.29, 0.717) is 27.9 Å². The Morgan fingerprint density at radius 3 is 2.61 bits per heavy atom. The Balaban J connectivity index is 1.76. The van der Waals surface area contributed by atoms with Crippen molar-refractivity contribution in [2.45, 2.75) is 13.0 Å². The van der Waals surface area contributed by atoms with Crippen molar-refractivity contribution in [1.29, 1.82) is 0 Å². The van der Waals surface area contributed by atoms with Gasteiger partial charge in [-0.15, -0.1) is 11.3 Å². The zero-order valence-corrected chi connectivity index (χ0v) is 17.2. The number of para-hydroxylation sites is 1. The first-order valence-electron chi connectivity index (χ1n) is 8.83. The van der Waals surface area contributed by atoms with Crippen LogP contribution in [0.1, 0.15) is 27.0 Å². The van der Waals surface area contributed by atoms with Crippen molar-refractivity contribution in [3.05, 3.63) is 58.9 Å². The molecule has 1 N–H and O–H groups in total. The monoisotopic (exact) mass is 397 g/mol. The lowest BCUT2D eigenvalue weighted by Crippen LogP contribution is -2.34. The number of hydrogen-bond acceptors (Lipinski definition) is 7. The molecule has 0 fully saturated rings. The molecule has 0 aliphatic rings. The first-order valence-corrected chi connectivity index (χ1v) is 9.65. The first-order chi connectivity index (χ1) is 13.5. The van der Waals surface area contributed by atoms with Crippen molar-refractivity contribution >= 4 is 17.2 Å². The lowest BCUT2D eigenvalue weighted by Gasteiger charge is -2.26. The van der Waals surface area contributed by atoms with Crippen LogP contribution in [0.2, 0.25) is 0 Å². The molecule has 0 aliphatic carbocycles. The Morgan fingerprint density at radius 1 is 1.21 bits per heavy atom.